The van der Waals surface area contributed by atoms with Gasteiger partial charge in [-0.1, -0.05) is 12.2 Å². The number of hydrogen-bond donors (Lipinski definition) is 0. The Morgan fingerprint density at radius 1 is 1.26 bits per heavy atom. The van der Waals surface area contributed by atoms with Crippen molar-refractivity contribution in [3.8, 4) is 12.1 Å². The Labute approximate surface area is 137 Å². The van der Waals surface area contributed by atoms with Gasteiger partial charge in [0.2, 0.25) is 0 Å². The lowest BCUT2D eigenvalue weighted by atomic mass is 10.0. The number of fused-ring (bicyclic) bond motifs is 2. The highest BCUT2D eigenvalue weighted by atomic mass is 32.2. The molecule has 0 fully saturated rings. The summed E-state index contributed by atoms with van der Waals surface area (Å²) in [5.41, 5.74) is 2.29. The standard InChI is InChI=1S/C18H12N2O2S/c19-9-12(10-20)5-15-6-14-7-16-11-23-4-2-1-3-13(16)8-17(14)22-18(15)21/h1,3,5-8H,2,4,11H2/b3-1-. The lowest BCUT2D eigenvalue weighted by Crippen LogP contribution is -2.03. The van der Waals surface area contributed by atoms with Gasteiger partial charge in [0.05, 0.1) is 5.56 Å². The van der Waals surface area contributed by atoms with Crippen LogP contribution in [0.3, 0.4) is 0 Å². The summed E-state index contributed by atoms with van der Waals surface area (Å²) in [6, 6.07) is 9.04. The molecule has 0 aliphatic carbocycles. The Morgan fingerprint density at radius 3 is 2.87 bits per heavy atom. The van der Waals surface area contributed by atoms with E-state index in [0.29, 0.717) is 5.58 Å². The summed E-state index contributed by atoms with van der Waals surface area (Å²) < 4.78 is 5.36. The van der Waals surface area contributed by atoms with Crippen molar-refractivity contribution in [2.75, 3.05) is 5.75 Å². The molecule has 0 amide bonds. The van der Waals surface area contributed by atoms with Gasteiger partial charge in [0.15, 0.2) is 0 Å². The molecule has 1 aromatic carbocycles. The summed E-state index contributed by atoms with van der Waals surface area (Å²) in [7, 11) is 0. The van der Waals surface area contributed by atoms with Crippen LogP contribution in [0.15, 0.2) is 39.1 Å². The van der Waals surface area contributed by atoms with E-state index in [0.717, 1.165) is 28.9 Å². The van der Waals surface area contributed by atoms with Gasteiger partial charge in [-0.3, -0.25) is 0 Å². The topological polar surface area (TPSA) is 77.8 Å². The smallest absolute Gasteiger partial charge is 0.343 e. The van der Waals surface area contributed by atoms with Crippen molar-refractivity contribution in [2.24, 2.45) is 0 Å². The van der Waals surface area contributed by atoms with Crippen molar-refractivity contribution in [3.63, 3.8) is 0 Å². The summed E-state index contributed by atoms with van der Waals surface area (Å²) in [4.78, 5) is 12.0. The van der Waals surface area contributed by atoms with Crippen LogP contribution in [0.2, 0.25) is 0 Å². The van der Waals surface area contributed by atoms with E-state index in [1.165, 1.54) is 11.6 Å². The predicted molar refractivity (Wildman–Crippen MR) is 91.5 cm³/mol. The molecule has 23 heavy (non-hydrogen) atoms. The highest BCUT2D eigenvalue weighted by Gasteiger charge is 2.10. The zero-order valence-electron chi connectivity index (χ0n) is 12.2. The highest BCUT2D eigenvalue weighted by molar-refractivity contribution is 7.98. The maximum Gasteiger partial charge on any atom is 0.343 e. The first-order chi connectivity index (χ1) is 11.2. The number of rotatable bonds is 1. The molecular weight excluding hydrogens is 308 g/mol. The second kappa shape index (κ2) is 6.56. The fraction of sp³-hybridized carbons (Fsp3) is 0.167. The van der Waals surface area contributed by atoms with Crippen molar-refractivity contribution in [2.45, 2.75) is 12.2 Å². The number of nitriles is 2. The van der Waals surface area contributed by atoms with Crippen LogP contribution in [-0.2, 0) is 5.75 Å². The molecule has 112 valence electrons. The van der Waals surface area contributed by atoms with E-state index in [9.17, 15) is 4.79 Å². The number of allylic oxidation sites excluding steroid dienone is 2. The van der Waals surface area contributed by atoms with E-state index in [-0.39, 0.29) is 11.1 Å². The number of nitrogens with zero attached hydrogens (tertiary/aromatic N) is 2. The second-order valence-corrected chi connectivity index (χ2v) is 6.21. The molecule has 0 N–H and O–H groups in total. The number of thioether (sulfide) groups is 1. The quantitative estimate of drug-likeness (QED) is 0.588. The monoisotopic (exact) mass is 320 g/mol. The maximum atomic E-state index is 12.0. The van der Waals surface area contributed by atoms with Crippen LogP contribution >= 0.6 is 11.8 Å². The van der Waals surface area contributed by atoms with Crippen LogP contribution in [-0.4, -0.2) is 5.75 Å². The summed E-state index contributed by atoms with van der Waals surface area (Å²) in [6.45, 7) is 0. The molecule has 4 nitrogen and oxygen atoms in total. The molecule has 3 rings (SSSR count). The van der Waals surface area contributed by atoms with Crippen LogP contribution in [0, 0.1) is 22.7 Å². The lowest BCUT2D eigenvalue weighted by Gasteiger charge is -2.10. The van der Waals surface area contributed by atoms with E-state index >= 15 is 0 Å². The summed E-state index contributed by atoms with van der Waals surface area (Å²) in [5.74, 6) is 1.99. The van der Waals surface area contributed by atoms with E-state index in [1.807, 2.05) is 23.9 Å². The molecule has 5 heteroatoms. The third-order valence-corrected chi connectivity index (χ3v) is 4.59. The van der Waals surface area contributed by atoms with Gasteiger partial charge in [-0.05, 0) is 47.6 Å². The van der Waals surface area contributed by atoms with E-state index in [4.69, 9.17) is 14.9 Å². The zero-order chi connectivity index (χ0) is 16.2. The minimum absolute atomic E-state index is 0.124. The van der Waals surface area contributed by atoms with E-state index in [1.54, 1.807) is 18.2 Å². The average molecular weight is 320 g/mol. The lowest BCUT2D eigenvalue weighted by molar-refractivity contribution is 0.559. The summed E-state index contributed by atoms with van der Waals surface area (Å²) in [5, 5.41) is 18.4. The SMILES string of the molecule is N#CC(C#N)=Cc1cc2cc3c(cc2oc1=O)/C=C\CCSC3. The minimum atomic E-state index is -0.551. The Bertz CT molecular complexity index is 955. The molecule has 0 saturated carbocycles. The Balaban J connectivity index is 2.19. The van der Waals surface area contributed by atoms with Gasteiger partial charge in [-0.15, -0.1) is 0 Å². The van der Waals surface area contributed by atoms with Crippen LogP contribution in [0.5, 0.6) is 0 Å². The fourth-order valence-electron chi connectivity index (χ4n) is 2.42. The van der Waals surface area contributed by atoms with Crippen molar-refractivity contribution in [3.05, 3.63) is 57.0 Å². The normalized spacial score (nSPS) is 14.7. The third kappa shape index (κ3) is 3.21. The number of hydrogen-bond acceptors (Lipinski definition) is 5. The molecule has 0 radical (unpaired) electrons. The van der Waals surface area contributed by atoms with Gasteiger partial charge in [-0.2, -0.15) is 22.3 Å². The van der Waals surface area contributed by atoms with Crippen LogP contribution in [0.4, 0.5) is 0 Å². The van der Waals surface area contributed by atoms with Crippen LogP contribution in [0.1, 0.15) is 23.1 Å². The van der Waals surface area contributed by atoms with E-state index in [2.05, 4.69) is 12.2 Å². The highest BCUT2D eigenvalue weighted by Crippen LogP contribution is 2.27. The largest absolute Gasteiger partial charge is 0.422 e. The van der Waals surface area contributed by atoms with Crippen molar-refractivity contribution < 1.29 is 4.42 Å². The Morgan fingerprint density at radius 2 is 2.09 bits per heavy atom. The van der Waals surface area contributed by atoms with Gasteiger partial charge in [0.25, 0.3) is 0 Å². The molecule has 2 heterocycles. The molecule has 1 aliphatic heterocycles. The third-order valence-electron chi connectivity index (χ3n) is 3.55. The first kappa shape index (κ1) is 15.1. The molecular formula is C18H12N2O2S. The average Bonchev–Trinajstić information content (AvgIpc) is 2.53. The molecule has 2 aromatic rings. The Hall–Kier alpha value is -2.76. The molecule has 0 atom stereocenters. The summed E-state index contributed by atoms with van der Waals surface area (Å²) in [6.07, 6.45) is 6.47. The van der Waals surface area contributed by atoms with Gasteiger partial charge in [-0.25, -0.2) is 4.79 Å². The van der Waals surface area contributed by atoms with Crippen LogP contribution < -0.4 is 5.63 Å². The van der Waals surface area contributed by atoms with Gasteiger partial charge >= 0.3 is 5.63 Å². The maximum absolute atomic E-state index is 12.0. The molecule has 0 bridgehead atoms. The van der Waals surface area contributed by atoms with Crippen LogP contribution in [0.25, 0.3) is 23.1 Å². The van der Waals surface area contributed by atoms with Crippen molar-refractivity contribution >= 4 is 34.9 Å². The first-order valence-electron chi connectivity index (χ1n) is 7.08. The van der Waals surface area contributed by atoms with Gasteiger partial charge in [0.1, 0.15) is 23.3 Å². The molecule has 1 aliphatic rings. The van der Waals surface area contributed by atoms with Gasteiger partial charge < -0.3 is 4.42 Å². The fourth-order valence-corrected chi connectivity index (χ4v) is 3.33. The molecule has 0 saturated heterocycles. The summed E-state index contributed by atoms with van der Waals surface area (Å²) >= 11 is 1.86. The van der Waals surface area contributed by atoms with Gasteiger partial charge in [0, 0.05) is 11.1 Å². The minimum Gasteiger partial charge on any atom is -0.422 e. The van der Waals surface area contributed by atoms with Crippen molar-refractivity contribution in [1.82, 2.24) is 0 Å². The molecule has 1 aromatic heterocycles. The molecule has 0 spiro atoms. The second-order valence-electron chi connectivity index (χ2n) is 5.10. The number of benzene rings is 1. The zero-order valence-corrected chi connectivity index (χ0v) is 13.0. The Kier molecular flexibility index (Phi) is 4.32. The molecule has 0 unspecified atom stereocenters. The van der Waals surface area contributed by atoms with E-state index < -0.39 is 5.63 Å². The predicted octanol–water partition coefficient (Wildman–Crippen LogP) is 3.87. The first-order valence-corrected chi connectivity index (χ1v) is 8.23. The van der Waals surface area contributed by atoms with Crippen molar-refractivity contribution in [1.29, 1.82) is 10.5 Å².